The predicted molar refractivity (Wildman–Crippen MR) is 82.8 cm³/mol. The second kappa shape index (κ2) is 6.17. The maximum atomic E-state index is 12.3. The largest absolute Gasteiger partial charge is 0.280 e. The molecule has 0 saturated heterocycles. The monoisotopic (exact) mass is 320 g/mol. The molecule has 0 radical (unpaired) electrons. The van der Waals surface area contributed by atoms with Crippen molar-refractivity contribution in [3.63, 3.8) is 0 Å². The number of halogens is 1. The van der Waals surface area contributed by atoms with E-state index in [2.05, 4.69) is 4.72 Å². The van der Waals surface area contributed by atoms with Crippen LogP contribution in [0.3, 0.4) is 0 Å². The molecule has 0 aliphatic heterocycles. The molecular formula is C15H13ClN2O2S. The van der Waals surface area contributed by atoms with Gasteiger partial charge in [0.05, 0.1) is 15.5 Å². The van der Waals surface area contributed by atoms with E-state index in [4.69, 9.17) is 16.9 Å². The molecule has 0 aliphatic rings. The van der Waals surface area contributed by atoms with Crippen LogP contribution in [0.4, 0.5) is 5.69 Å². The van der Waals surface area contributed by atoms with Gasteiger partial charge in [-0.2, -0.15) is 5.26 Å². The molecule has 0 spiro atoms. The lowest BCUT2D eigenvalue weighted by Gasteiger charge is -2.09. The van der Waals surface area contributed by atoms with E-state index in [9.17, 15) is 8.42 Å². The van der Waals surface area contributed by atoms with Crippen LogP contribution < -0.4 is 4.72 Å². The van der Waals surface area contributed by atoms with E-state index in [1.165, 1.54) is 18.2 Å². The Kier molecular flexibility index (Phi) is 4.51. The minimum Gasteiger partial charge on any atom is -0.280 e. The molecule has 0 atom stereocenters. The summed E-state index contributed by atoms with van der Waals surface area (Å²) in [7, 11) is -3.72. The van der Waals surface area contributed by atoms with E-state index in [-0.39, 0.29) is 15.5 Å². The molecule has 0 saturated carbocycles. The van der Waals surface area contributed by atoms with Gasteiger partial charge >= 0.3 is 0 Å². The molecule has 1 N–H and O–H groups in total. The summed E-state index contributed by atoms with van der Waals surface area (Å²) >= 11 is 5.86. The minimum atomic E-state index is -3.72. The lowest BCUT2D eigenvalue weighted by molar-refractivity contribution is 0.601. The summed E-state index contributed by atoms with van der Waals surface area (Å²) in [6.45, 7) is 2.03. The van der Waals surface area contributed by atoms with Crippen molar-refractivity contribution in [3.8, 4) is 6.07 Å². The molecule has 2 aromatic carbocycles. The average Bonchev–Trinajstić information content (AvgIpc) is 2.47. The van der Waals surface area contributed by atoms with Gasteiger partial charge < -0.3 is 0 Å². The van der Waals surface area contributed by atoms with Gasteiger partial charge in [-0.25, -0.2) is 8.42 Å². The molecule has 4 nitrogen and oxygen atoms in total. The van der Waals surface area contributed by atoms with Gasteiger partial charge in [0.1, 0.15) is 6.07 Å². The number of aryl methyl sites for hydroxylation is 1. The van der Waals surface area contributed by atoms with E-state index >= 15 is 0 Å². The molecule has 6 heteroatoms. The molecule has 0 aromatic heterocycles. The molecule has 0 unspecified atom stereocenters. The topological polar surface area (TPSA) is 70.0 Å². The Morgan fingerprint density at radius 1 is 1.19 bits per heavy atom. The lowest BCUT2D eigenvalue weighted by Crippen LogP contribution is -2.13. The van der Waals surface area contributed by atoms with Crippen molar-refractivity contribution in [2.45, 2.75) is 18.2 Å². The average molecular weight is 321 g/mol. The van der Waals surface area contributed by atoms with Gasteiger partial charge in [0.15, 0.2) is 0 Å². The van der Waals surface area contributed by atoms with Crippen molar-refractivity contribution >= 4 is 27.3 Å². The number of benzene rings is 2. The summed E-state index contributed by atoms with van der Waals surface area (Å²) in [5.41, 5.74) is 1.84. The number of nitriles is 1. The summed E-state index contributed by atoms with van der Waals surface area (Å²) in [5, 5.41) is 8.91. The van der Waals surface area contributed by atoms with Gasteiger partial charge in [-0.05, 0) is 42.3 Å². The fourth-order valence-electron chi connectivity index (χ4n) is 1.78. The fraction of sp³-hybridized carbons (Fsp3) is 0.133. The van der Waals surface area contributed by atoms with Gasteiger partial charge in [-0.15, -0.1) is 0 Å². The SMILES string of the molecule is CCc1ccc(NS(=O)(=O)c2ccc(C#N)c(Cl)c2)cc1. The van der Waals surface area contributed by atoms with Crippen LogP contribution in [0.15, 0.2) is 47.4 Å². The molecule has 0 heterocycles. The number of rotatable bonds is 4. The third kappa shape index (κ3) is 3.54. The van der Waals surface area contributed by atoms with Crippen molar-refractivity contribution in [1.29, 1.82) is 5.26 Å². The summed E-state index contributed by atoms with van der Waals surface area (Å²) in [6, 6.07) is 13.0. The van der Waals surface area contributed by atoms with Crippen LogP contribution in [0.2, 0.25) is 5.02 Å². The Morgan fingerprint density at radius 3 is 2.38 bits per heavy atom. The predicted octanol–water partition coefficient (Wildman–Crippen LogP) is 3.57. The summed E-state index contributed by atoms with van der Waals surface area (Å²) in [4.78, 5) is 0.0195. The first-order valence-corrected chi connectivity index (χ1v) is 8.14. The Balaban J connectivity index is 2.29. The summed E-state index contributed by atoms with van der Waals surface area (Å²) in [6.07, 6.45) is 0.887. The number of hydrogen-bond donors (Lipinski definition) is 1. The standard InChI is InChI=1S/C15H13ClN2O2S/c1-2-11-3-6-13(7-4-11)18-21(19,20)14-8-5-12(10-17)15(16)9-14/h3-9,18H,2H2,1H3. The highest BCUT2D eigenvalue weighted by atomic mass is 35.5. The van der Waals surface area contributed by atoms with Crippen LogP contribution in [0, 0.1) is 11.3 Å². The van der Waals surface area contributed by atoms with E-state index in [1.54, 1.807) is 12.1 Å². The van der Waals surface area contributed by atoms with Crippen LogP contribution in [-0.4, -0.2) is 8.42 Å². The molecule has 108 valence electrons. The van der Waals surface area contributed by atoms with Crippen molar-refractivity contribution < 1.29 is 8.42 Å². The van der Waals surface area contributed by atoms with Gasteiger partial charge in [-0.1, -0.05) is 30.7 Å². The molecule has 0 bridgehead atoms. The van der Waals surface area contributed by atoms with E-state index < -0.39 is 10.0 Å². The van der Waals surface area contributed by atoms with Crippen molar-refractivity contribution in [2.75, 3.05) is 4.72 Å². The Bertz CT molecular complexity index is 793. The Labute approximate surface area is 129 Å². The molecule has 21 heavy (non-hydrogen) atoms. The number of nitrogens with zero attached hydrogens (tertiary/aromatic N) is 1. The molecule has 0 aliphatic carbocycles. The van der Waals surface area contributed by atoms with Crippen LogP contribution >= 0.6 is 11.6 Å². The van der Waals surface area contributed by atoms with Crippen LogP contribution in [0.1, 0.15) is 18.1 Å². The lowest BCUT2D eigenvalue weighted by atomic mass is 10.2. The fourth-order valence-corrected chi connectivity index (χ4v) is 3.15. The first-order valence-electron chi connectivity index (χ1n) is 6.27. The summed E-state index contributed by atoms with van der Waals surface area (Å²) in [5.74, 6) is 0. The normalized spacial score (nSPS) is 10.9. The second-order valence-corrected chi connectivity index (χ2v) is 6.50. The molecule has 2 aromatic rings. The zero-order valence-electron chi connectivity index (χ0n) is 11.3. The maximum Gasteiger partial charge on any atom is 0.261 e. The highest BCUT2D eigenvalue weighted by Gasteiger charge is 2.15. The van der Waals surface area contributed by atoms with E-state index in [0.717, 1.165) is 12.0 Å². The van der Waals surface area contributed by atoms with Gasteiger partial charge in [-0.3, -0.25) is 4.72 Å². The molecular weight excluding hydrogens is 308 g/mol. The van der Waals surface area contributed by atoms with E-state index in [1.807, 2.05) is 25.1 Å². The van der Waals surface area contributed by atoms with Crippen LogP contribution in [0.25, 0.3) is 0 Å². The van der Waals surface area contributed by atoms with Crippen LogP contribution in [-0.2, 0) is 16.4 Å². The first kappa shape index (κ1) is 15.4. The highest BCUT2D eigenvalue weighted by molar-refractivity contribution is 7.92. The maximum absolute atomic E-state index is 12.3. The highest BCUT2D eigenvalue weighted by Crippen LogP contribution is 2.22. The second-order valence-electron chi connectivity index (χ2n) is 4.41. The number of sulfonamides is 1. The molecule has 2 rings (SSSR count). The molecule has 0 amide bonds. The van der Waals surface area contributed by atoms with Gasteiger partial charge in [0, 0.05) is 5.69 Å². The van der Waals surface area contributed by atoms with Gasteiger partial charge in [0.25, 0.3) is 10.0 Å². The number of nitrogens with one attached hydrogen (secondary N) is 1. The van der Waals surface area contributed by atoms with Crippen molar-refractivity contribution in [2.24, 2.45) is 0 Å². The Hall–Kier alpha value is -2.03. The van der Waals surface area contributed by atoms with E-state index in [0.29, 0.717) is 5.69 Å². The minimum absolute atomic E-state index is 0.0195. The van der Waals surface area contributed by atoms with Gasteiger partial charge in [0.2, 0.25) is 0 Å². The summed E-state index contributed by atoms with van der Waals surface area (Å²) < 4.78 is 27.0. The van der Waals surface area contributed by atoms with Crippen LogP contribution in [0.5, 0.6) is 0 Å². The number of anilines is 1. The van der Waals surface area contributed by atoms with Crippen molar-refractivity contribution in [3.05, 3.63) is 58.6 Å². The number of hydrogen-bond acceptors (Lipinski definition) is 3. The zero-order valence-corrected chi connectivity index (χ0v) is 12.9. The third-order valence-electron chi connectivity index (χ3n) is 2.99. The van der Waals surface area contributed by atoms with Crippen molar-refractivity contribution in [1.82, 2.24) is 0 Å². The smallest absolute Gasteiger partial charge is 0.261 e. The molecule has 0 fully saturated rings. The quantitative estimate of drug-likeness (QED) is 0.936. The zero-order chi connectivity index (χ0) is 15.5. The first-order chi connectivity index (χ1) is 9.96. The Morgan fingerprint density at radius 2 is 1.86 bits per heavy atom. The third-order valence-corrected chi connectivity index (χ3v) is 4.68.